The van der Waals surface area contributed by atoms with Gasteiger partial charge < -0.3 is 5.11 Å². The van der Waals surface area contributed by atoms with Gasteiger partial charge in [0.25, 0.3) is 0 Å². The first-order valence-corrected chi connectivity index (χ1v) is 6.22. The van der Waals surface area contributed by atoms with Gasteiger partial charge in [0.15, 0.2) is 0 Å². The highest BCUT2D eigenvalue weighted by Gasteiger charge is 1.96. The van der Waals surface area contributed by atoms with Crippen molar-refractivity contribution in [3.05, 3.63) is 0 Å². The summed E-state index contributed by atoms with van der Waals surface area (Å²) < 4.78 is 0. The first-order valence-electron chi connectivity index (χ1n) is 5.07. The lowest BCUT2D eigenvalue weighted by atomic mass is 10.2. The van der Waals surface area contributed by atoms with Crippen LogP contribution in [0.5, 0.6) is 0 Å². The van der Waals surface area contributed by atoms with Crippen molar-refractivity contribution in [2.24, 2.45) is 0 Å². The van der Waals surface area contributed by atoms with Crippen LogP contribution in [0.4, 0.5) is 0 Å². The van der Waals surface area contributed by atoms with E-state index in [2.05, 4.69) is 6.92 Å². The third-order valence-corrected chi connectivity index (χ3v) is 2.98. The maximum Gasteiger partial charge on any atom is 0.303 e. The molecule has 0 radical (unpaired) electrons. The molecule has 0 aliphatic heterocycles. The normalized spacial score (nSPS) is 10.2. The standard InChI is InChI=1S/C10H20O2S/c1-2-3-5-8-13-9-6-4-7-10(11)12/h2-9H2,1H3,(H,11,12). The van der Waals surface area contributed by atoms with E-state index in [1.165, 1.54) is 25.0 Å². The molecule has 0 aliphatic carbocycles. The molecule has 0 aromatic carbocycles. The summed E-state index contributed by atoms with van der Waals surface area (Å²) in [4.78, 5) is 10.2. The van der Waals surface area contributed by atoms with E-state index in [1.54, 1.807) is 0 Å². The Morgan fingerprint density at radius 2 is 1.77 bits per heavy atom. The van der Waals surface area contributed by atoms with Gasteiger partial charge in [0.05, 0.1) is 0 Å². The average molecular weight is 204 g/mol. The number of carboxylic acids is 1. The SMILES string of the molecule is CCCCCSCCCCC(=O)O. The van der Waals surface area contributed by atoms with Crippen LogP contribution in [0.2, 0.25) is 0 Å². The van der Waals surface area contributed by atoms with E-state index < -0.39 is 5.97 Å². The Hall–Kier alpha value is -0.180. The van der Waals surface area contributed by atoms with Crippen molar-refractivity contribution in [2.45, 2.75) is 45.4 Å². The number of carbonyl (C=O) groups is 1. The number of hydrogen-bond acceptors (Lipinski definition) is 2. The van der Waals surface area contributed by atoms with Gasteiger partial charge >= 0.3 is 5.97 Å². The van der Waals surface area contributed by atoms with Crippen LogP contribution in [0.25, 0.3) is 0 Å². The van der Waals surface area contributed by atoms with Crippen LogP contribution in [-0.4, -0.2) is 22.6 Å². The smallest absolute Gasteiger partial charge is 0.303 e. The highest BCUT2D eigenvalue weighted by molar-refractivity contribution is 7.99. The molecule has 1 N–H and O–H groups in total. The molecule has 0 unspecified atom stereocenters. The summed E-state index contributed by atoms with van der Waals surface area (Å²) in [6, 6.07) is 0. The zero-order valence-corrected chi connectivity index (χ0v) is 9.24. The molecule has 0 aromatic heterocycles. The average Bonchev–Trinajstić information content (AvgIpc) is 2.09. The van der Waals surface area contributed by atoms with Gasteiger partial charge in [-0.25, -0.2) is 0 Å². The van der Waals surface area contributed by atoms with Crippen LogP contribution in [0.15, 0.2) is 0 Å². The quantitative estimate of drug-likeness (QED) is 0.586. The Bertz CT molecular complexity index is 126. The predicted molar refractivity (Wildman–Crippen MR) is 58.3 cm³/mol. The van der Waals surface area contributed by atoms with Crippen LogP contribution in [0.1, 0.15) is 45.4 Å². The summed E-state index contributed by atoms with van der Waals surface area (Å²) in [5.41, 5.74) is 0. The highest BCUT2D eigenvalue weighted by atomic mass is 32.2. The zero-order valence-electron chi connectivity index (χ0n) is 8.42. The predicted octanol–water partition coefficient (Wildman–Crippen LogP) is 3.16. The monoisotopic (exact) mass is 204 g/mol. The molecule has 3 heteroatoms. The lowest BCUT2D eigenvalue weighted by Crippen LogP contribution is -1.94. The number of aliphatic carboxylic acids is 1. The molecular formula is C10H20O2S. The number of hydrogen-bond donors (Lipinski definition) is 1. The van der Waals surface area contributed by atoms with Gasteiger partial charge in [-0.1, -0.05) is 19.8 Å². The van der Waals surface area contributed by atoms with E-state index in [9.17, 15) is 4.79 Å². The minimum Gasteiger partial charge on any atom is -0.481 e. The van der Waals surface area contributed by atoms with Crippen LogP contribution < -0.4 is 0 Å². The van der Waals surface area contributed by atoms with Crippen molar-refractivity contribution in [3.63, 3.8) is 0 Å². The summed E-state index contributed by atoms with van der Waals surface area (Å²) in [6.07, 6.45) is 6.11. The Kier molecular flexibility index (Phi) is 9.77. The molecule has 0 spiro atoms. The fourth-order valence-electron chi connectivity index (χ4n) is 1.04. The third kappa shape index (κ3) is 11.8. The van der Waals surface area contributed by atoms with Gasteiger partial charge in [-0.15, -0.1) is 0 Å². The Balaban J connectivity index is 2.87. The molecule has 2 nitrogen and oxygen atoms in total. The van der Waals surface area contributed by atoms with E-state index in [4.69, 9.17) is 5.11 Å². The van der Waals surface area contributed by atoms with Crippen molar-refractivity contribution in [3.8, 4) is 0 Å². The number of rotatable bonds is 9. The second-order valence-electron chi connectivity index (χ2n) is 3.17. The van der Waals surface area contributed by atoms with Crippen LogP contribution >= 0.6 is 11.8 Å². The Labute approximate surface area is 85.1 Å². The van der Waals surface area contributed by atoms with Crippen LogP contribution in [0.3, 0.4) is 0 Å². The summed E-state index contributed by atoms with van der Waals surface area (Å²) in [7, 11) is 0. The molecule has 13 heavy (non-hydrogen) atoms. The molecule has 0 saturated heterocycles. The van der Waals surface area contributed by atoms with Crippen LogP contribution in [-0.2, 0) is 4.79 Å². The van der Waals surface area contributed by atoms with Crippen LogP contribution in [0, 0.1) is 0 Å². The fourth-order valence-corrected chi connectivity index (χ4v) is 2.06. The first-order chi connectivity index (χ1) is 6.27. The minimum absolute atomic E-state index is 0.329. The summed E-state index contributed by atoms with van der Waals surface area (Å²) in [6.45, 7) is 2.21. The van der Waals surface area contributed by atoms with E-state index >= 15 is 0 Å². The Morgan fingerprint density at radius 3 is 2.31 bits per heavy atom. The molecule has 0 atom stereocenters. The molecule has 0 heterocycles. The van der Waals surface area contributed by atoms with Crippen molar-refractivity contribution in [1.82, 2.24) is 0 Å². The highest BCUT2D eigenvalue weighted by Crippen LogP contribution is 2.09. The summed E-state index contributed by atoms with van der Waals surface area (Å²) in [5, 5.41) is 8.38. The van der Waals surface area contributed by atoms with Crippen molar-refractivity contribution >= 4 is 17.7 Å². The summed E-state index contributed by atoms with van der Waals surface area (Å²) in [5.74, 6) is 1.69. The van der Waals surface area contributed by atoms with E-state index in [1.807, 2.05) is 11.8 Å². The topological polar surface area (TPSA) is 37.3 Å². The molecule has 0 bridgehead atoms. The molecule has 0 aromatic rings. The second-order valence-corrected chi connectivity index (χ2v) is 4.40. The largest absolute Gasteiger partial charge is 0.481 e. The molecule has 0 amide bonds. The van der Waals surface area contributed by atoms with Gasteiger partial charge in [-0.2, -0.15) is 11.8 Å². The maximum atomic E-state index is 10.2. The van der Waals surface area contributed by atoms with E-state index in [0.29, 0.717) is 6.42 Å². The molecular weight excluding hydrogens is 184 g/mol. The summed E-state index contributed by atoms with van der Waals surface area (Å²) >= 11 is 1.95. The van der Waals surface area contributed by atoms with Gasteiger partial charge in [-0.3, -0.25) is 4.79 Å². The molecule has 0 rings (SSSR count). The third-order valence-electron chi connectivity index (χ3n) is 1.82. The molecule has 78 valence electrons. The van der Waals surface area contributed by atoms with E-state index in [-0.39, 0.29) is 0 Å². The maximum absolute atomic E-state index is 10.2. The lowest BCUT2D eigenvalue weighted by Gasteiger charge is -1.99. The Morgan fingerprint density at radius 1 is 1.15 bits per heavy atom. The molecule has 0 fully saturated rings. The zero-order chi connectivity index (χ0) is 9.94. The number of carboxylic acid groups (broad SMARTS) is 1. The first kappa shape index (κ1) is 12.8. The number of thioether (sulfide) groups is 1. The van der Waals surface area contributed by atoms with Crippen molar-refractivity contribution < 1.29 is 9.90 Å². The van der Waals surface area contributed by atoms with E-state index in [0.717, 1.165) is 18.6 Å². The second kappa shape index (κ2) is 9.90. The lowest BCUT2D eigenvalue weighted by molar-refractivity contribution is -0.137. The van der Waals surface area contributed by atoms with Gasteiger partial charge in [0.2, 0.25) is 0 Å². The van der Waals surface area contributed by atoms with Gasteiger partial charge in [0.1, 0.15) is 0 Å². The fraction of sp³-hybridized carbons (Fsp3) is 0.900. The van der Waals surface area contributed by atoms with Crippen molar-refractivity contribution in [2.75, 3.05) is 11.5 Å². The minimum atomic E-state index is -0.670. The van der Waals surface area contributed by atoms with Gasteiger partial charge in [0, 0.05) is 6.42 Å². The molecule has 0 saturated carbocycles. The number of unbranched alkanes of at least 4 members (excludes halogenated alkanes) is 3. The van der Waals surface area contributed by atoms with Gasteiger partial charge in [-0.05, 0) is 30.8 Å². The van der Waals surface area contributed by atoms with Crippen molar-refractivity contribution in [1.29, 1.82) is 0 Å². The molecule has 0 aliphatic rings.